The van der Waals surface area contributed by atoms with E-state index in [1.54, 1.807) is 0 Å². The molecule has 7 heteroatoms. The summed E-state index contributed by atoms with van der Waals surface area (Å²) in [6, 6.07) is 5.85. The molecule has 21 heavy (non-hydrogen) atoms. The van der Waals surface area contributed by atoms with Crippen LogP contribution in [0, 0.1) is 0 Å². The van der Waals surface area contributed by atoms with E-state index in [-0.39, 0.29) is 0 Å². The van der Waals surface area contributed by atoms with Gasteiger partial charge in [-0.25, -0.2) is 4.98 Å². The summed E-state index contributed by atoms with van der Waals surface area (Å²) in [5, 5.41) is 4.69. The zero-order valence-corrected chi connectivity index (χ0v) is 12.1. The smallest absolute Gasteiger partial charge is 0.257 e. The van der Waals surface area contributed by atoms with Crippen LogP contribution in [-0.2, 0) is 4.74 Å². The Kier molecular flexibility index (Phi) is 3.08. The maximum atomic E-state index is 5.73. The number of thiazole rings is 1. The van der Waals surface area contributed by atoms with Crippen LogP contribution in [0.1, 0.15) is 24.6 Å². The zero-order valence-electron chi connectivity index (χ0n) is 11.3. The Labute approximate surface area is 124 Å². The summed E-state index contributed by atoms with van der Waals surface area (Å²) in [5.41, 5.74) is 7.52. The van der Waals surface area contributed by atoms with Crippen molar-refractivity contribution in [3.8, 4) is 11.5 Å². The molecule has 1 fully saturated rings. The summed E-state index contributed by atoms with van der Waals surface area (Å²) in [4.78, 5) is 8.78. The summed E-state index contributed by atoms with van der Waals surface area (Å²) in [7, 11) is 0. The highest BCUT2D eigenvalue weighted by Crippen LogP contribution is 2.30. The number of nitrogen functional groups attached to an aromatic ring is 1. The molecule has 0 unspecified atom stereocenters. The summed E-state index contributed by atoms with van der Waals surface area (Å²) in [6.07, 6.45) is 1.90. The molecule has 1 saturated heterocycles. The minimum atomic E-state index is 0.332. The van der Waals surface area contributed by atoms with Gasteiger partial charge in [0.1, 0.15) is 0 Å². The second kappa shape index (κ2) is 5.09. The van der Waals surface area contributed by atoms with E-state index in [1.165, 1.54) is 11.3 Å². The number of aromatic nitrogens is 3. The van der Waals surface area contributed by atoms with Crippen LogP contribution in [0.25, 0.3) is 21.7 Å². The lowest BCUT2D eigenvalue weighted by molar-refractivity contribution is 0.0830. The van der Waals surface area contributed by atoms with Gasteiger partial charge in [-0.15, -0.1) is 0 Å². The van der Waals surface area contributed by atoms with Crippen LogP contribution in [0.3, 0.4) is 0 Å². The third kappa shape index (κ3) is 2.38. The van der Waals surface area contributed by atoms with E-state index in [9.17, 15) is 0 Å². The van der Waals surface area contributed by atoms with Crippen LogP contribution in [0.2, 0.25) is 0 Å². The SMILES string of the molecule is Nc1nc2ccc(-c3nc(C4CCOCC4)no3)cc2s1. The lowest BCUT2D eigenvalue weighted by Crippen LogP contribution is -2.15. The Morgan fingerprint density at radius 2 is 2.05 bits per heavy atom. The fraction of sp³-hybridized carbons (Fsp3) is 0.357. The van der Waals surface area contributed by atoms with Gasteiger partial charge in [0.15, 0.2) is 11.0 Å². The average Bonchev–Trinajstić information content (AvgIpc) is 3.12. The van der Waals surface area contributed by atoms with Crippen LogP contribution in [0.15, 0.2) is 22.7 Å². The van der Waals surface area contributed by atoms with Crippen molar-refractivity contribution in [3.63, 3.8) is 0 Å². The molecular formula is C14H14N4O2S. The van der Waals surface area contributed by atoms with Crippen molar-refractivity contribution in [1.29, 1.82) is 0 Å². The molecule has 0 bridgehead atoms. The topological polar surface area (TPSA) is 87.1 Å². The summed E-state index contributed by atoms with van der Waals surface area (Å²) in [5.74, 6) is 1.65. The van der Waals surface area contributed by atoms with Crippen LogP contribution in [-0.4, -0.2) is 28.3 Å². The van der Waals surface area contributed by atoms with Crippen LogP contribution < -0.4 is 5.73 Å². The molecule has 0 saturated carbocycles. The number of anilines is 1. The molecule has 2 N–H and O–H groups in total. The van der Waals surface area contributed by atoms with Gasteiger partial charge in [-0.05, 0) is 31.0 Å². The Balaban J connectivity index is 1.66. The van der Waals surface area contributed by atoms with Gasteiger partial charge in [0.25, 0.3) is 5.89 Å². The highest BCUT2D eigenvalue weighted by atomic mass is 32.1. The normalized spacial score (nSPS) is 16.6. The molecular weight excluding hydrogens is 288 g/mol. The van der Waals surface area contributed by atoms with E-state index in [1.807, 2.05) is 18.2 Å². The molecule has 1 aromatic carbocycles. The van der Waals surface area contributed by atoms with Gasteiger partial charge in [-0.1, -0.05) is 16.5 Å². The predicted octanol–water partition coefficient (Wildman–Crippen LogP) is 2.82. The van der Waals surface area contributed by atoms with Gasteiger partial charge in [-0.3, -0.25) is 0 Å². The molecule has 0 aliphatic carbocycles. The number of nitrogens with two attached hydrogens (primary N) is 1. The largest absolute Gasteiger partial charge is 0.381 e. The molecule has 1 aliphatic rings. The fourth-order valence-corrected chi connectivity index (χ4v) is 3.32. The first-order valence-corrected chi connectivity index (χ1v) is 7.69. The Morgan fingerprint density at radius 3 is 2.90 bits per heavy atom. The molecule has 0 spiro atoms. The van der Waals surface area contributed by atoms with Crippen molar-refractivity contribution < 1.29 is 9.26 Å². The van der Waals surface area contributed by atoms with Crippen LogP contribution in [0.4, 0.5) is 5.13 Å². The van der Waals surface area contributed by atoms with Gasteiger partial charge in [0.05, 0.1) is 10.2 Å². The van der Waals surface area contributed by atoms with Gasteiger partial charge < -0.3 is 15.0 Å². The fourth-order valence-electron chi connectivity index (χ4n) is 2.55. The second-order valence-corrected chi connectivity index (χ2v) is 6.14. The third-order valence-electron chi connectivity index (χ3n) is 3.68. The summed E-state index contributed by atoms with van der Waals surface area (Å²) >= 11 is 1.46. The first kappa shape index (κ1) is 12.7. The molecule has 108 valence electrons. The van der Waals surface area contributed by atoms with Gasteiger partial charge in [-0.2, -0.15) is 4.98 Å². The molecule has 6 nitrogen and oxygen atoms in total. The second-order valence-electron chi connectivity index (χ2n) is 5.08. The van der Waals surface area contributed by atoms with Gasteiger partial charge in [0.2, 0.25) is 0 Å². The van der Waals surface area contributed by atoms with Gasteiger partial charge in [0, 0.05) is 24.7 Å². The number of hydrogen-bond acceptors (Lipinski definition) is 7. The molecule has 3 heterocycles. The molecule has 0 atom stereocenters. The van der Waals surface area contributed by atoms with Crippen molar-refractivity contribution in [2.24, 2.45) is 0 Å². The third-order valence-corrected chi connectivity index (χ3v) is 4.53. The van der Waals surface area contributed by atoms with Crippen molar-refractivity contribution in [3.05, 3.63) is 24.0 Å². The molecule has 2 aromatic heterocycles. The van der Waals surface area contributed by atoms with E-state index in [0.717, 1.165) is 47.7 Å². The van der Waals surface area contributed by atoms with E-state index in [0.29, 0.717) is 16.9 Å². The maximum absolute atomic E-state index is 5.73. The molecule has 3 aromatic rings. The standard InChI is InChI=1S/C14H14N4O2S/c15-14-16-10-2-1-9(7-11(10)21-14)13-17-12(18-20-13)8-3-5-19-6-4-8/h1-2,7-8H,3-6H2,(H2,15,16). The van der Waals surface area contributed by atoms with E-state index < -0.39 is 0 Å². The number of fused-ring (bicyclic) bond motifs is 1. The van der Waals surface area contributed by atoms with E-state index in [2.05, 4.69) is 15.1 Å². The van der Waals surface area contributed by atoms with Crippen molar-refractivity contribution in [1.82, 2.24) is 15.1 Å². The lowest BCUT2D eigenvalue weighted by atomic mass is 10.00. The summed E-state index contributed by atoms with van der Waals surface area (Å²) < 4.78 is 11.8. The lowest BCUT2D eigenvalue weighted by Gasteiger charge is -2.18. The number of ether oxygens (including phenoxy) is 1. The van der Waals surface area contributed by atoms with E-state index >= 15 is 0 Å². The van der Waals surface area contributed by atoms with Crippen LogP contribution in [0.5, 0.6) is 0 Å². The average molecular weight is 302 g/mol. The van der Waals surface area contributed by atoms with Gasteiger partial charge >= 0.3 is 0 Å². The van der Waals surface area contributed by atoms with Crippen molar-refractivity contribution >= 4 is 26.7 Å². The Hall–Kier alpha value is -1.99. The number of benzene rings is 1. The molecule has 0 radical (unpaired) electrons. The Bertz CT molecular complexity index is 776. The minimum Gasteiger partial charge on any atom is -0.381 e. The Morgan fingerprint density at radius 1 is 1.19 bits per heavy atom. The first-order chi connectivity index (χ1) is 10.3. The maximum Gasteiger partial charge on any atom is 0.257 e. The highest BCUT2D eigenvalue weighted by molar-refractivity contribution is 7.22. The minimum absolute atomic E-state index is 0.332. The highest BCUT2D eigenvalue weighted by Gasteiger charge is 2.21. The van der Waals surface area contributed by atoms with Crippen molar-refractivity contribution in [2.75, 3.05) is 18.9 Å². The molecule has 0 amide bonds. The monoisotopic (exact) mass is 302 g/mol. The molecule has 1 aliphatic heterocycles. The van der Waals surface area contributed by atoms with E-state index in [4.69, 9.17) is 15.0 Å². The van der Waals surface area contributed by atoms with Crippen LogP contribution >= 0.6 is 11.3 Å². The number of hydrogen-bond donors (Lipinski definition) is 1. The zero-order chi connectivity index (χ0) is 14.2. The predicted molar refractivity (Wildman–Crippen MR) is 80.1 cm³/mol. The number of nitrogens with zero attached hydrogens (tertiary/aromatic N) is 3. The molecule has 4 rings (SSSR count). The quantitative estimate of drug-likeness (QED) is 0.783. The first-order valence-electron chi connectivity index (χ1n) is 6.87. The number of rotatable bonds is 2. The summed E-state index contributed by atoms with van der Waals surface area (Å²) in [6.45, 7) is 1.53. The van der Waals surface area contributed by atoms with Crippen molar-refractivity contribution in [2.45, 2.75) is 18.8 Å².